The minimum atomic E-state index is 0.802. The molecule has 0 unspecified atom stereocenters. The average molecular weight is 300 g/mol. The van der Waals surface area contributed by atoms with Gasteiger partial charge >= 0.3 is 0 Å². The van der Waals surface area contributed by atoms with Gasteiger partial charge in [-0.25, -0.2) is 0 Å². The molecule has 0 fully saturated rings. The van der Waals surface area contributed by atoms with Crippen molar-refractivity contribution in [3.8, 4) is 5.75 Å². The van der Waals surface area contributed by atoms with Crippen LogP contribution in [0.25, 0.3) is 0 Å². The molecule has 1 aromatic rings. The maximum Gasteiger partial charge on any atom is 0.122 e. The molecule has 0 aliphatic carbocycles. The van der Waals surface area contributed by atoms with Crippen molar-refractivity contribution in [3.63, 3.8) is 0 Å². The molecule has 0 aromatic heterocycles. The molecule has 0 aliphatic heterocycles. The highest BCUT2D eigenvalue weighted by Crippen LogP contribution is 2.22. The first kappa shape index (κ1) is 14.5. The van der Waals surface area contributed by atoms with E-state index in [9.17, 15) is 0 Å². The van der Waals surface area contributed by atoms with Crippen LogP contribution in [0.15, 0.2) is 22.7 Å². The van der Waals surface area contributed by atoms with E-state index >= 15 is 0 Å². The molecule has 96 valence electrons. The molecule has 0 spiro atoms. The molecule has 0 saturated heterocycles. The number of hydrogen-bond acceptors (Lipinski definition) is 2. The van der Waals surface area contributed by atoms with Crippen LogP contribution in [0.3, 0.4) is 0 Å². The Balaban J connectivity index is 2.14. The Labute approximate surface area is 113 Å². The van der Waals surface area contributed by atoms with Crippen molar-refractivity contribution < 1.29 is 4.74 Å². The van der Waals surface area contributed by atoms with E-state index in [2.05, 4.69) is 41.2 Å². The van der Waals surface area contributed by atoms with Crippen LogP contribution in [0.4, 0.5) is 0 Å². The Morgan fingerprint density at radius 2 is 2.06 bits per heavy atom. The second-order valence-electron chi connectivity index (χ2n) is 4.22. The minimum absolute atomic E-state index is 0.802. The fraction of sp³-hybridized carbons (Fsp3) is 0.571. The monoisotopic (exact) mass is 299 g/mol. The third-order valence-electron chi connectivity index (χ3n) is 2.57. The highest BCUT2D eigenvalue weighted by Gasteiger charge is 1.99. The predicted octanol–water partition coefficient (Wildman–Crippen LogP) is 3.92. The predicted molar refractivity (Wildman–Crippen MR) is 76.8 cm³/mol. The summed E-state index contributed by atoms with van der Waals surface area (Å²) in [7, 11) is 0. The molecule has 17 heavy (non-hydrogen) atoms. The molecule has 3 heteroatoms. The van der Waals surface area contributed by atoms with Gasteiger partial charge in [-0.2, -0.15) is 0 Å². The number of ether oxygens (including phenoxy) is 1. The van der Waals surface area contributed by atoms with E-state index in [1.54, 1.807) is 0 Å². The molecule has 1 rings (SSSR count). The Bertz CT molecular complexity index is 328. The Morgan fingerprint density at radius 1 is 1.24 bits per heavy atom. The first-order valence-corrected chi connectivity index (χ1v) is 7.13. The van der Waals surface area contributed by atoms with Crippen molar-refractivity contribution in [2.45, 2.75) is 33.1 Å². The second kappa shape index (κ2) is 8.54. The van der Waals surface area contributed by atoms with Gasteiger partial charge in [0.25, 0.3) is 0 Å². The molecular formula is C14H22BrNO. The van der Waals surface area contributed by atoms with Gasteiger partial charge < -0.3 is 10.1 Å². The summed E-state index contributed by atoms with van der Waals surface area (Å²) in [5.74, 6) is 0.995. The zero-order valence-corrected chi connectivity index (χ0v) is 12.3. The normalized spacial score (nSPS) is 10.5. The van der Waals surface area contributed by atoms with Gasteiger partial charge in [-0.15, -0.1) is 0 Å². The third kappa shape index (κ3) is 6.08. The lowest BCUT2D eigenvalue weighted by atomic mass is 10.2. The molecule has 1 aromatic carbocycles. The van der Waals surface area contributed by atoms with E-state index < -0.39 is 0 Å². The molecule has 2 nitrogen and oxygen atoms in total. The van der Waals surface area contributed by atoms with E-state index in [0.717, 1.165) is 36.3 Å². The standard InChI is InChI=1S/C14H22BrNO/c1-3-8-16-9-4-5-10-17-14-7-6-13(15)11-12(14)2/h6-7,11,16H,3-5,8-10H2,1-2H3. The maximum absolute atomic E-state index is 5.75. The lowest BCUT2D eigenvalue weighted by molar-refractivity contribution is 0.304. The van der Waals surface area contributed by atoms with Gasteiger partial charge in [0.1, 0.15) is 5.75 Å². The lowest BCUT2D eigenvalue weighted by Gasteiger charge is -2.09. The molecular weight excluding hydrogens is 278 g/mol. The van der Waals surface area contributed by atoms with E-state index in [1.165, 1.54) is 18.4 Å². The first-order valence-electron chi connectivity index (χ1n) is 6.33. The number of nitrogens with one attached hydrogen (secondary N) is 1. The van der Waals surface area contributed by atoms with E-state index in [0.29, 0.717) is 0 Å². The van der Waals surface area contributed by atoms with Crippen LogP contribution >= 0.6 is 15.9 Å². The van der Waals surface area contributed by atoms with Gasteiger partial charge in [-0.05, 0) is 63.0 Å². The van der Waals surface area contributed by atoms with Crippen molar-refractivity contribution in [1.82, 2.24) is 5.32 Å². The van der Waals surface area contributed by atoms with Crippen LogP contribution in [0.5, 0.6) is 5.75 Å². The molecule has 1 N–H and O–H groups in total. The summed E-state index contributed by atoms with van der Waals surface area (Å²) in [5, 5.41) is 3.39. The summed E-state index contributed by atoms with van der Waals surface area (Å²) in [6.45, 7) is 7.27. The fourth-order valence-corrected chi connectivity index (χ4v) is 2.09. The number of unbranched alkanes of at least 4 members (excludes halogenated alkanes) is 1. The SMILES string of the molecule is CCCNCCCCOc1ccc(Br)cc1C. The van der Waals surface area contributed by atoms with E-state index in [4.69, 9.17) is 4.74 Å². The maximum atomic E-state index is 5.75. The highest BCUT2D eigenvalue weighted by molar-refractivity contribution is 9.10. The van der Waals surface area contributed by atoms with Crippen LogP contribution in [0, 0.1) is 6.92 Å². The van der Waals surface area contributed by atoms with Gasteiger partial charge in [0, 0.05) is 4.47 Å². The van der Waals surface area contributed by atoms with Gasteiger partial charge in [0.05, 0.1) is 6.61 Å². The minimum Gasteiger partial charge on any atom is -0.493 e. The second-order valence-corrected chi connectivity index (χ2v) is 5.13. The van der Waals surface area contributed by atoms with E-state index in [-0.39, 0.29) is 0 Å². The summed E-state index contributed by atoms with van der Waals surface area (Å²) >= 11 is 3.45. The van der Waals surface area contributed by atoms with Crippen molar-refractivity contribution >= 4 is 15.9 Å². The van der Waals surface area contributed by atoms with Crippen LogP contribution in [-0.4, -0.2) is 19.7 Å². The van der Waals surface area contributed by atoms with Crippen molar-refractivity contribution in [1.29, 1.82) is 0 Å². The van der Waals surface area contributed by atoms with Crippen LogP contribution < -0.4 is 10.1 Å². The topological polar surface area (TPSA) is 21.3 Å². The van der Waals surface area contributed by atoms with Gasteiger partial charge in [0.15, 0.2) is 0 Å². The van der Waals surface area contributed by atoms with Crippen molar-refractivity contribution in [2.24, 2.45) is 0 Å². The molecule has 0 saturated carbocycles. The number of halogens is 1. The summed E-state index contributed by atoms with van der Waals surface area (Å²) in [6, 6.07) is 6.12. The van der Waals surface area contributed by atoms with Gasteiger partial charge in [-0.1, -0.05) is 22.9 Å². The van der Waals surface area contributed by atoms with Crippen LogP contribution in [0.2, 0.25) is 0 Å². The summed E-state index contributed by atoms with van der Waals surface area (Å²) in [4.78, 5) is 0. The summed E-state index contributed by atoms with van der Waals surface area (Å²) < 4.78 is 6.85. The van der Waals surface area contributed by atoms with Gasteiger partial charge in [-0.3, -0.25) is 0 Å². The lowest BCUT2D eigenvalue weighted by Crippen LogP contribution is -2.16. The third-order valence-corrected chi connectivity index (χ3v) is 3.06. The van der Waals surface area contributed by atoms with Crippen molar-refractivity contribution in [2.75, 3.05) is 19.7 Å². The molecule has 0 atom stereocenters. The largest absolute Gasteiger partial charge is 0.493 e. The zero-order chi connectivity index (χ0) is 12.5. The van der Waals surface area contributed by atoms with Crippen molar-refractivity contribution in [3.05, 3.63) is 28.2 Å². The first-order chi connectivity index (χ1) is 8.24. The molecule has 0 amide bonds. The highest BCUT2D eigenvalue weighted by atomic mass is 79.9. The smallest absolute Gasteiger partial charge is 0.122 e. The van der Waals surface area contributed by atoms with Crippen LogP contribution in [0.1, 0.15) is 31.7 Å². The fourth-order valence-electron chi connectivity index (χ4n) is 1.61. The summed E-state index contributed by atoms with van der Waals surface area (Å²) in [5.41, 5.74) is 1.18. The van der Waals surface area contributed by atoms with Gasteiger partial charge in [0.2, 0.25) is 0 Å². The molecule has 0 bridgehead atoms. The molecule has 0 aliphatic rings. The summed E-state index contributed by atoms with van der Waals surface area (Å²) in [6.07, 6.45) is 3.48. The number of benzene rings is 1. The Hall–Kier alpha value is -0.540. The van der Waals surface area contributed by atoms with Crippen LogP contribution in [-0.2, 0) is 0 Å². The van der Waals surface area contributed by atoms with E-state index in [1.807, 2.05) is 12.1 Å². The molecule has 0 radical (unpaired) electrons. The Kier molecular flexibility index (Phi) is 7.29. The Morgan fingerprint density at radius 3 is 2.76 bits per heavy atom. The zero-order valence-electron chi connectivity index (χ0n) is 10.8. The average Bonchev–Trinajstić information content (AvgIpc) is 2.30. The quantitative estimate of drug-likeness (QED) is 0.735. The number of aryl methyl sites for hydroxylation is 1. The number of rotatable bonds is 8. The molecule has 0 heterocycles. The number of hydrogen-bond donors (Lipinski definition) is 1.